The molecular formula is C14H27N3O2. The zero-order valence-electron chi connectivity index (χ0n) is 12.3. The Hall–Kier alpha value is -1.10. The van der Waals surface area contributed by atoms with E-state index in [0.29, 0.717) is 5.92 Å². The maximum atomic E-state index is 12.3. The molecule has 0 aliphatic heterocycles. The Morgan fingerprint density at radius 1 is 1.47 bits per heavy atom. The summed E-state index contributed by atoms with van der Waals surface area (Å²) < 4.78 is 0. The molecule has 3 N–H and O–H groups in total. The average Bonchev–Trinajstić information content (AvgIpc) is 2.35. The molecule has 0 aromatic rings. The van der Waals surface area contributed by atoms with Gasteiger partial charge >= 0.3 is 0 Å². The maximum absolute atomic E-state index is 12.3. The monoisotopic (exact) mass is 269 g/mol. The predicted molar refractivity (Wildman–Crippen MR) is 76.8 cm³/mol. The largest absolute Gasteiger partial charge is 0.399 e. The number of nitrogens with two attached hydrogens (primary N) is 1. The molecule has 1 aliphatic rings. The number of hydrogen-bond acceptors (Lipinski definition) is 4. The summed E-state index contributed by atoms with van der Waals surface area (Å²) in [6, 6.07) is -0.0885. The molecule has 5 nitrogen and oxygen atoms in total. The molecule has 1 rings (SSSR count). The second-order valence-electron chi connectivity index (χ2n) is 5.74. The lowest BCUT2D eigenvalue weighted by atomic mass is 9.84. The van der Waals surface area contributed by atoms with Crippen LogP contribution < -0.4 is 11.1 Å². The molecule has 1 amide bonds. The van der Waals surface area contributed by atoms with Crippen molar-refractivity contribution >= 4 is 12.1 Å². The highest BCUT2D eigenvalue weighted by atomic mass is 16.6. The number of nitrogens with zero attached hydrogens (tertiary/aromatic N) is 1. The zero-order valence-corrected chi connectivity index (χ0v) is 12.3. The van der Waals surface area contributed by atoms with Crippen molar-refractivity contribution in [1.29, 1.82) is 0 Å². The van der Waals surface area contributed by atoms with Crippen molar-refractivity contribution in [3.05, 3.63) is 0 Å². The number of carbonyl (C=O) groups is 1. The molecule has 0 aromatic heterocycles. The Labute approximate surface area is 115 Å². The lowest BCUT2D eigenvalue weighted by Crippen LogP contribution is -2.47. The molecule has 1 fully saturated rings. The van der Waals surface area contributed by atoms with E-state index in [4.69, 9.17) is 10.6 Å². The van der Waals surface area contributed by atoms with Gasteiger partial charge in [-0.3, -0.25) is 4.79 Å². The van der Waals surface area contributed by atoms with Crippen LogP contribution in [0.5, 0.6) is 0 Å². The highest BCUT2D eigenvalue weighted by molar-refractivity contribution is 5.83. The minimum Gasteiger partial charge on any atom is -0.399 e. The van der Waals surface area contributed by atoms with E-state index in [-0.39, 0.29) is 23.9 Å². The van der Waals surface area contributed by atoms with Crippen molar-refractivity contribution in [3.63, 3.8) is 0 Å². The van der Waals surface area contributed by atoms with Crippen LogP contribution in [0.2, 0.25) is 0 Å². The quantitative estimate of drug-likeness (QED) is 0.569. The van der Waals surface area contributed by atoms with Gasteiger partial charge in [0.2, 0.25) is 5.91 Å². The van der Waals surface area contributed by atoms with Gasteiger partial charge < -0.3 is 15.9 Å². The normalized spacial score (nSPS) is 25.5. The molecule has 19 heavy (non-hydrogen) atoms. The Kier molecular flexibility index (Phi) is 6.84. The van der Waals surface area contributed by atoms with E-state index in [1.54, 1.807) is 6.21 Å². The van der Waals surface area contributed by atoms with Crippen molar-refractivity contribution in [1.82, 2.24) is 5.32 Å². The first-order valence-electron chi connectivity index (χ1n) is 7.17. The first-order chi connectivity index (χ1) is 9.04. The van der Waals surface area contributed by atoms with Crippen molar-refractivity contribution in [3.8, 4) is 0 Å². The van der Waals surface area contributed by atoms with E-state index < -0.39 is 0 Å². The van der Waals surface area contributed by atoms with Gasteiger partial charge in [0.05, 0.1) is 18.2 Å². The topological polar surface area (TPSA) is 76.7 Å². The van der Waals surface area contributed by atoms with Crippen LogP contribution in [0.15, 0.2) is 5.16 Å². The van der Waals surface area contributed by atoms with Crippen molar-refractivity contribution in [2.75, 3.05) is 7.11 Å². The fourth-order valence-corrected chi connectivity index (χ4v) is 2.57. The molecule has 0 spiro atoms. The summed E-state index contributed by atoms with van der Waals surface area (Å²) >= 11 is 0. The minimum absolute atomic E-state index is 0.00665. The van der Waals surface area contributed by atoms with Crippen molar-refractivity contribution in [2.45, 2.75) is 58.0 Å². The molecule has 0 radical (unpaired) electrons. The lowest BCUT2D eigenvalue weighted by molar-refractivity contribution is -0.126. The highest BCUT2D eigenvalue weighted by Crippen LogP contribution is 2.23. The smallest absolute Gasteiger partial charge is 0.225 e. The number of oxime groups is 1. The first-order valence-corrected chi connectivity index (χ1v) is 7.17. The summed E-state index contributed by atoms with van der Waals surface area (Å²) in [5, 5.41) is 6.81. The van der Waals surface area contributed by atoms with Crippen molar-refractivity contribution in [2.24, 2.45) is 22.7 Å². The van der Waals surface area contributed by atoms with Gasteiger partial charge in [0.25, 0.3) is 0 Å². The van der Waals surface area contributed by atoms with Crippen LogP contribution in [-0.4, -0.2) is 31.3 Å². The van der Waals surface area contributed by atoms with Gasteiger partial charge in [-0.2, -0.15) is 0 Å². The third-order valence-corrected chi connectivity index (χ3v) is 3.56. The van der Waals surface area contributed by atoms with Crippen LogP contribution in [0, 0.1) is 11.8 Å². The van der Waals surface area contributed by atoms with Gasteiger partial charge in [-0.1, -0.05) is 31.8 Å². The zero-order chi connectivity index (χ0) is 14.3. The van der Waals surface area contributed by atoms with E-state index in [1.807, 2.05) is 0 Å². The lowest BCUT2D eigenvalue weighted by Gasteiger charge is -2.29. The molecule has 0 saturated heterocycles. The second kappa shape index (κ2) is 8.15. The third kappa shape index (κ3) is 5.59. The fourth-order valence-electron chi connectivity index (χ4n) is 2.57. The summed E-state index contributed by atoms with van der Waals surface area (Å²) in [6.45, 7) is 4.23. The molecule has 0 bridgehead atoms. The minimum atomic E-state index is -0.0819. The molecule has 110 valence electrons. The first kappa shape index (κ1) is 16.0. The molecular weight excluding hydrogens is 242 g/mol. The summed E-state index contributed by atoms with van der Waals surface area (Å²) in [4.78, 5) is 17.0. The predicted octanol–water partition coefficient (Wildman–Crippen LogP) is 1.67. The van der Waals surface area contributed by atoms with Crippen LogP contribution in [0.25, 0.3) is 0 Å². The van der Waals surface area contributed by atoms with E-state index >= 15 is 0 Å². The summed E-state index contributed by atoms with van der Waals surface area (Å²) in [5.74, 6) is 0.480. The molecule has 3 atom stereocenters. The number of nitrogens with one attached hydrogen (secondary N) is 1. The maximum Gasteiger partial charge on any atom is 0.225 e. The number of amides is 1. The van der Waals surface area contributed by atoms with E-state index in [2.05, 4.69) is 24.3 Å². The standard InChI is InChI=1S/C14H27N3O2/c1-10(2)8-11(9-16-19-3)17-14(18)12-6-4-5-7-13(12)15/h9-13H,4-8,15H2,1-3H3,(H,17,18)/t11?,12-,13+/m1/s1. The van der Waals surface area contributed by atoms with Gasteiger partial charge in [0.1, 0.15) is 7.11 Å². The van der Waals surface area contributed by atoms with Gasteiger partial charge in [-0.15, -0.1) is 0 Å². The van der Waals surface area contributed by atoms with Gasteiger partial charge in [-0.25, -0.2) is 0 Å². The summed E-state index contributed by atoms with van der Waals surface area (Å²) in [5.41, 5.74) is 6.04. The number of rotatable bonds is 6. The van der Waals surface area contributed by atoms with Gasteiger partial charge in [-0.05, 0) is 25.2 Å². The van der Waals surface area contributed by atoms with E-state index in [1.165, 1.54) is 7.11 Å². The van der Waals surface area contributed by atoms with Crippen LogP contribution >= 0.6 is 0 Å². The summed E-state index contributed by atoms with van der Waals surface area (Å²) in [6.07, 6.45) is 6.56. The number of carbonyl (C=O) groups excluding carboxylic acids is 1. The molecule has 5 heteroatoms. The van der Waals surface area contributed by atoms with Crippen LogP contribution in [0.1, 0.15) is 46.0 Å². The second-order valence-corrected chi connectivity index (χ2v) is 5.74. The van der Waals surface area contributed by atoms with Gasteiger partial charge in [0, 0.05) is 6.04 Å². The van der Waals surface area contributed by atoms with Crippen LogP contribution in [-0.2, 0) is 9.63 Å². The van der Waals surface area contributed by atoms with Crippen LogP contribution in [0.4, 0.5) is 0 Å². The Morgan fingerprint density at radius 2 is 2.16 bits per heavy atom. The molecule has 1 aliphatic carbocycles. The van der Waals surface area contributed by atoms with Crippen molar-refractivity contribution < 1.29 is 9.63 Å². The third-order valence-electron chi connectivity index (χ3n) is 3.56. The SMILES string of the molecule is CON=CC(CC(C)C)NC(=O)[C@@H]1CCCC[C@@H]1N. The Balaban J connectivity index is 2.56. The van der Waals surface area contributed by atoms with Gasteiger partial charge in [0.15, 0.2) is 0 Å². The number of hydrogen-bond donors (Lipinski definition) is 2. The Morgan fingerprint density at radius 3 is 2.74 bits per heavy atom. The molecule has 0 heterocycles. The highest BCUT2D eigenvalue weighted by Gasteiger charge is 2.29. The van der Waals surface area contributed by atoms with E-state index in [9.17, 15) is 4.79 Å². The Bertz CT molecular complexity index is 305. The van der Waals surface area contributed by atoms with Crippen LogP contribution in [0.3, 0.4) is 0 Å². The molecule has 0 aromatic carbocycles. The average molecular weight is 269 g/mol. The molecule has 1 saturated carbocycles. The summed E-state index contributed by atoms with van der Waals surface area (Å²) in [7, 11) is 1.50. The van der Waals surface area contributed by atoms with E-state index in [0.717, 1.165) is 32.1 Å². The molecule has 1 unspecified atom stereocenters. The fraction of sp³-hybridized carbons (Fsp3) is 0.857.